The SMILES string of the molecule is CC1Oc2cc(cnc2N)-c2c(cnn2CC2CC2)Cc2nn(C(F)F)nc2-c2ccc(F)cc21. The minimum absolute atomic E-state index is 0.190. The highest BCUT2D eigenvalue weighted by Crippen LogP contribution is 2.39. The molecular formula is C24H22F3N7O. The lowest BCUT2D eigenvalue weighted by Crippen LogP contribution is -2.10. The van der Waals surface area contributed by atoms with Gasteiger partial charge in [-0.25, -0.2) is 9.37 Å². The number of nitrogens with zero attached hydrogens (tertiary/aromatic N) is 6. The van der Waals surface area contributed by atoms with E-state index in [1.807, 2.05) is 4.68 Å². The zero-order valence-electron chi connectivity index (χ0n) is 18.8. The monoisotopic (exact) mass is 481 g/mol. The van der Waals surface area contributed by atoms with Crippen molar-refractivity contribution >= 4 is 5.82 Å². The fraction of sp³-hybridized carbons (Fsp3) is 0.333. The van der Waals surface area contributed by atoms with Crippen molar-refractivity contribution in [3.05, 3.63) is 59.3 Å². The number of nitrogens with two attached hydrogens (primary N) is 1. The molecule has 0 spiro atoms. The van der Waals surface area contributed by atoms with E-state index >= 15 is 0 Å². The molecule has 8 nitrogen and oxygen atoms in total. The Hall–Kier alpha value is -3.89. The number of halogens is 3. The molecule has 4 heterocycles. The van der Waals surface area contributed by atoms with Crippen molar-refractivity contribution in [2.24, 2.45) is 5.92 Å². The summed E-state index contributed by atoms with van der Waals surface area (Å²) in [5.74, 6) is 0.592. The van der Waals surface area contributed by atoms with Crippen LogP contribution in [0.2, 0.25) is 0 Å². The predicted molar refractivity (Wildman–Crippen MR) is 121 cm³/mol. The van der Waals surface area contributed by atoms with Crippen molar-refractivity contribution in [1.82, 2.24) is 29.8 Å². The molecular weight excluding hydrogens is 459 g/mol. The summed E-state index contributed by atoms with van der Waals surface area (Å²) in [5, 5.41) is 12.8. The van der Waals surface area contributed by atoms with E-state index in [1.54, 1.807) is 25.4 Å². The molecule has 1 aromatic carbocycles. The Balaban J connectivity index is 1.60. The van der Waals surface area contributed by atoms with E-state index < -0.39 is 18.5 Å². The highest BCUT2D eigenvalue weighted by molar-refractivity contribution is 5.71. The van der Waals surface area contributed by atoms with Crippen molar-refractivity contribution in [3.8, 4) is 28.3 Å². The molecule has 0 saturated heterocycles. The van der Waals surface area contributed by atoms with Crippen LogP contribution in [-0.2, 0) is 13.0 Å². The Morgan fingerprint density at radius 1 is 1.17 bits per heavy atom. The number of anilines is 1. The van der Waals surface area contributed by atoms with Crippen LogP contribution in [0, 0.1) is 11.7 Å². The maximum Gasteiger partial charge on any atom is 0.348 e. The van der Waals surface area contributed by atoms with Gasteiger partial charge in [-0.05, 0) is 49.9 Å². The van der Waals surface area contributed by atoms with Crippen LogP contribution < -0.4 is 10.5 Å². The van der Waals surface area contributed by atoms with Crippen LogP contribution in [0.5, 0.6) is 5.75 Å². The van der Waals surface area contributed by atoms with E-state index in [0.717, 1.165) is 36.2 Å². The molecule has 11 heteroatoms. The van der Waals surface area contributed by atoms with Crippen molar-refractivity contribution < 1.29 is 17.9 Å². The van der Waals surface area contributed by atoms with Gasteiger partial charge in [0.2, 0.25) is 0 Å². The molecule has 1 aliphatic carbocycles. The molecule has 2 aliphatic rings. The summed E-state index contributed by atoms with van der Waals surface area (Å²) in [4.78, 5) is 4.71. The number of alkyl halides is 2. The molecule has 1 aliphatic heterocycles. The molecule has 2 bridgehead atoms. The minimum atomic E-state index is -2.92. The van der Waals surface area contributed by atoms with Crippen LogP contribution in [0.15, 0.2) is 36.7 Å². The molecule has 0 radical (unpaired) electrons. The Kier molecular flexibility index (Phi) is 5.01. The van der Waals surface area contributed by atoms with Crippen molar-refractivity contribution in [1.29, 1.82) is 0 Å². The van der Waals surface area contributed by atoms with Crippen LogP contribution >= 0.6 is 0 Å². The van der Waals surface area contributed by atoms with Crippen molar-refractivity contribution in [2.75, 3.05) is 5.73 Å². The zero-order chi connectivity index (χ0) is 24.3. The maximum absolute atomic E-state index is 14.3. The molecule has 4 aromatic rings. The second-order valence-electron chi connectivity index (χ2n) is 9.01. The van der Waals surface area contributed by atoms with E-state index in [-0.39, 0.29) is 17.9 Å². The minimum Gasteiger partial charge on any atom is -0.482 e. The first-order chi connectivity index (χ1) is 16.9. The van der Waals surface area contributed by atoms with Crippen molar-refractivity contribution in [3.63, 3.8) is 0 Å². The lowest BCUT2D eigenvalue weighted by molar-refractivity contribution is 0.0412. The zero-order valence-corrected chi connectivity index (χ0v) is 18.8. The summed E-state index contributed by atoms with van der Waals surface area (Å²) in [6.45, 7) is -0.451. The van der Waals surface area contributed by atoms with Gasteiger partial charge in [0.05, 0.1) is 17.6 Å². The van der Waals surface area contributed by atoms with Crippen LogP contribution in [0.25, 0.3) is 22.5 Å². The molecule has 1 saturated carbocycles. The van der Waals surface area contributed by atoms with Gasteiger partial charge >= 0.3 is 6.55 Å². The maximum atomic E-state index is 14.3. The first kappa shape index (κ1) is 21.6. The van der Waals surface area contributed by atoms with Gasteiger partial charge in [0, 0.05) is 41.4 Å². The summed E-state index contributed by atoms with van der Waals surface area (Å²) in [6.07, 6.45) is 5.17. The fourth-order valence-corrected chi connectivity index (χ4v) is 4.54. The number of benzene rings is 1. The molecule has 1 atom stereocenters. The molecule has 180 valence electrons. The predicted octanol–water partition coefficient (Wildman–Crippen LogP) is 4.77. The molecule has 1 fully saturated rings. The van der Waals surface area contributed by atoms with Crippen LogP contribution in [0.4, 0.5) is 19.0 Å². The number of hydrogen-bond acceptors (Lipinski definition) is 6. The summed E-state index contributed by atoms with van der Waals surface area (Å²) < 4.78 is 49.6. The van der Waals surface area contributed by atoms with E-state index in [9.17, 15) is 13.2 Å². The number of pyridine rings is 1. The molecule has 2 N–H and O–H groups in total. The highest BCUT2D eigenvalue weighted by Gasteiger charge is 2.28. The Labute approximate surface area is 198 Å². The average molecular weight is 481 g/mol. The number of ether oxygens (including phenoxy) is 1. The summed E-state index contributed by atoms with van der Waals surface area (Å²) in [5.41, 5.74) is 9.91. The first-order valence-electron chi connectivity index (χ1n) is 11.4. The van der Waals surface area contributed by atoms with E-state index in [2.05, 4.69) is 20.3 Å². The second-order valence-corrected chi connectivity index (χ2v) is 9.01. The van der Waals surface area contributed by atoms with Gasteiger partial charge in [-0.2, -0.15) is 19.0 Å². The lowest BCUT2D eigenvalue weighted by Gasteiger charge is -2.20. The molecule has 0 amide bonds. The van der Waals surface area contributed by atoms with E-state index in [4.69, 9.17) is 10.5 Å². The number of hydrogen-bond donors (Lipinski definition) is 1. The third-order valence-corrected chi connectivity index (χ3v) is 6.44. The van der Waals surface area contributed by atoms with Gasteiger partial charge in [-0.15, -0.1) is 9.90 Å². The van der Waals surface area contributed by atoms with Gasteiger partial charge in [-0.3, -0.25) is 4.68 Å². The fourth-order valence-electron chi connectivity index (χ4n) is 4.54. The first-order valence-corrected chi connectivity index (χ1v) is 11.4. The molecule has 35 heavy (non-hydrogen) atoms. The molecule has 3 aromatic heterocycles. The topological polar surface area (TPSA) is 96.7 Å². The van der Waals surface area contributed by atoms with E-state index in [0.29, 0.717) is 33.3 Å². The van der Waals surface area contributed by atoms with Gasteiger partial charge in [-0.1, -0.05) is 0 Å². The largest absolute Gasteiger partial charge is 0.482 e. The number of fused-ring (bicyclic) bond motifs is 7. The number of rotatable bonds is 3. The number of aromatic nitrogens is 6. The quantitative estimate of drug-likeness (QED) is 0.453. The van der Waals surface area contributed by atoms with Gasteiger partial charge in [0.15, 0.2) is 11.6 Å². The highest BCUT2D eigenvalue weighted by atomic mass is 19.3. The van der Waals surface area contributed by atoms with Crippen LogP contribution in [-0.4, -0.2) is 29.8 Å². The average Bonchev–Trinajstić information content (AvgIpc) is 3.41. The van der Waals surface area contributed by atoms with Gasteiger partial charge in [0.1, 0.15) is 17.6 Å². The molecule has 1 unspecified atom stereocenters. The third-order valence-electron chi connectivity index (χ3n) is 6.44. The van der Waals surface area contributed by atoms with Crippen molar-refractivity contribution in [2.45, 2.75) is 45.4 Å². The van der Waals surface area contributed by atoms with Crippen LogP contribution in [0.1, 0.15) is 49.2 Å². The van der Waals surface area contributed by atoms with Gasteiger partial charge < -0.3 is 10.5 Å². The standard InChI is InChI=1S/C24H22F3N7O/c1-12-18-8-16(25)4-5-17(18)21-19(31-34(32-21)24(26)27)6-14-10-30-33(11-13-2-3-13)22(14)15-7-20(35-12)23(28)29-9-15/h4-5,7-10,12-13,24H,2-3,6,11H2,1H3,(H2,28,29). The second kappa shape index (κ2) is 8.10. The Bertz CT molecular complexity index is 1430. The summed E-state index contributed by atoms with van der Waals surface area (Å²) >= 11 is 0. The smallest absolute Gasteiger partial charge is 0.348 e. The van der Waals surface area contributed by atoms with Gasteiger partial charge in [0.25, 0.3) is 0 Å². The Morgan fingerprint density at radius 3 is 2.77 bits per heavy atom. The summed E-state index contributed by atoms with van der Waals surface area (Å²) in [6, 6.07) is 5.87. The lowest BCUT2D eigenvalue weighted by atomic mass is 9.96. The van der Waals surface area contributed by atoms with Crippen LogP contribution in [0.3, 0.4) is 0 Å². The normalized spacial score (nSPS) is 17.1. The summed E-state index contributed by atoms with van der Waals surface area (Å²) in [7, 11) is 0. The molecule has 6 rings (SSSR count). The third kappa shape index (κ3) is 3.90. The van der Waals surface area contributed by atoms with E-state index in [1.165, 1.54) is 18.2 Å². The number of nitrogen functional groups attached to an aromatic ring is 1. The Morgan fingerprint density at radius 2 is 2.00 bits per heavy atom.